The molecule has 2 unspecified atom stereocenters. The minimum atomic E-state index is -0.403. The van der Waals surface area contributed by atoms with Gasteiger partial charge in [0.1, 0.15) is 0 Å². The lowest BCUT2D eigenvalue weighted by Gasteiger charge is -2.26. The van der Waals surface area contributed by atoms with Crippen molar-refractivity contribution in [2.75, 3.05) is 5.32 Å². The van der Waals surface area contributed by atoms with Crippen LogP contribution in [0.15, 0.2) is 42.6 Å². The first-order valence-electron chi connectivity index (χ1n) is 8.41. The van der Waals surface area contributed by atoms with E-state index in [1.807, 2.05) is 26.0 Å². The number of pyridine rings is 1. The Morgan fingerprint density at radius 1 is 1.20 bits per heavy atom. The number of carbonyl (C=O) groups excluding carboxylic acids is 1. The van der Waals surface area contributed by atoms with Crippen LogP contribution in [0.1, 0.15) is 43.6 Å². The van der Waals surface area contributed by atoms with E-state index in [1.165, 1.54) is 0 Å². The number of hydrogen-bond acceptors (Lipinski definition) is 4. The monoisotopic (exact) mass is 336 g/mol. The molecule has 0 aliphatic carbocycles. The van der Waals surface area contributed by atoms with Crippen molar-refractivity contribution in [3.63, 3.8) is 0 Å². The Morgan fingerprint density at radius 3 is 2.60 bits per heavy atom. The van der Waals surface area contributed by atoms with E-state index in [2.05, 4.69) is 35.5 Å². The molecule has 0 bridgehead atoms. The van der Waals surface area contributed by atoms with E-state index in [1.54, 1.807) is 30.5 Å². The largest absolute Gasteiger partial charge is 0.325 e. The van der Waals surface area contributed by atoms with Gasteiger partial charge in [0, 0.05) is 11.9 Å². The SMILES string of the molecule is Cc1cccnc1C(NC(C)C(=O)Nc1cccc(C#N)c1)C(C)C. The summed E-state index contributed by atoms with van der Waals surface area (Å²) < 4.78 is 0. The molecule has 0 saturated heterocycles. The lowest BCUT2D eigenvalue weighted by atomic mass is 9.96. The molecule has 2 N–H and O–H groups in total. The average Bonchev–Trinajstić information content (AvgIpc) is 2.60. The highest BCUT2D eigenvalue weighted by Crippen LogP contribution is 2.23. The molecule has 2 rings (SSSR count). The third-order valence-corrected chi connectivity index (χ3v) is 4.09. The van der Waals surface area contributed by atoms with Crippen LogP contribution in [0.3, 0.4) is 0 Å². The van der Waals surface area contributed by atoms with Gasteiger partial charge in [0.2, 0.25) is 5.91 Å². The molecule has 25 heavy (non-hydrogen) atoms. The second-order valence-electron chi connectivity index (χ2n) is 6.50. The van der Waals surface area contributed by atoms with E-state index in [0.717, 1.165) is 11.3 Å². The topological polar surface area (TPSA) is 77.8 Å². The van der Waals surface area contributed by atoms with Crippen molar-refractivity contribution in [2.24, 2.45) is 5.92 Å². The number of aromatic nitrogens is 1. The van der Waals surface area contributed by atoms with Gasteiger partial charge in [0.05, 0.1) is 29.4 Å². The molecule has 0 fully saturated rings. The molecular formula is C20H24N4O. The van der Waals surface area contributed by atoms with Gasteiger partial charge in [0.15, 0.2) is 0 Å². The molecule has 0 aliphatic heterocycles. The minimum Gasteiger partial charge on any atom is -0.325 e. The maximum absolute atomic E-state index is 12.5. The molecule has 1 aromatic heterocycles. The van der Waals surface area contributed by atoms with Crippen LogP contribution < -0.4 is 10.6 Å². The Bertz CT molecular complexity index is 779. The van der Waals surface area contributed by atoms with Crippen LogP contribution in [0.25, 0.3) is 0 Å². The summed E-state index contributed by atoms with van der Waals surface area (Å²) in [6.45, 7) is 8.06. The number of rotatable bonds is 6. The molecule has 0 spiro atoms. The molecular weight excluding hydrogens is 312 g/mol. The van der Waals surface area contributed by atoms with Crippen molar-refractivity contribution in [1.29, 1.82) is 5.26 Å². The maximum Gasteiger partial charge on any atom is 0.241 e. The van der Waals surface area contributed by atoms with Crippen molar-refractivity contribution < 1.29 is 4.79 Å². The predicted octanol–water partition coefficient (Wildman–Crippen LogP) is 3.58. The van der Waals surface area contributed by atoms with Gasteiger partial charge >= 0.3 is 0 Å². The summed E-state index contributed by atoms with van der Waals surface area (Å²) in [5, 5.41) is 15.2. The quantitative estimate of drug-likeness (QED) is 0.845. The minimum absolute atomic E-state index is 0.0209. The maximum atomic E-state index is 12.5. The highest BCUT2D eigenvalue weighted by atomic mass is 16.2. The first kappa shape index (κ1) is 18.6. The molecule has 130 valence electrons. The van der Waals surface area contributed by atoms with Crippen LogP contribution in [0.5, 0.6) is 0 Å². The number of hydrogen-bond donors (Lipinski definition) is 2. The fourth-order valence-corrected chi connectivity index (χ4v) is 2.67. The smallest absolute Gasteiger partial charge is 0.241 e. The molecule has 5 nitrogen and oxygen atoms in total. The number of nitrogens with zero attached hydrogens (tertiary/aromatic N) is 2. The van der Waals surface area contributed by atoms with Crippen molar-refractivity contribution in [3.8, 4) is 6.07 Å². The molecule has 2 aromatic rings. The molecule has 2 atom stereocenters. The Hall–Kier alpha value is -2.71. The summed E-state index contributed by atoms with van der Waals surface area (Å²) in [7, 11) is 0. The van der Waals surface area contributed by atoms with Gasteiger partial charge in [0.25, 0.3) is 0 Å². The number of anilines is 1. The molecule has 0 radical (unpaired) electrons. The van der Waals surface area contributed by atoms with Crippen LogP contribution in [-0.4, -0.2) is 16.9 Å². The average molecular weight is 336 g/mol. The van der Waals surface area contributed by atoms with Crippen LogP contribution in [0.2, 0.25) is 0 Å². The van der Waals surface area contributed by atoms with E-state index in [4.69, 9.17) is 5.26 Å². The highest BCUT2D eigenvalue weighted by molar-refractivity contribution is 5.94. The van der Waals surface area contributed by atoms with Gasteiger partial charge in [-0.3, -0.25) is 15.1 Å². The Labute approximate surface area is 149 Å². The Kier molecular flexibility index (Phi) is 6.26. The summed E-state index contributed by atoms with van der Waals surface area (Å²) in [6, 6.07) is 12.5. The molecule has 5 heteroatoms. The lowest BCUT2D eigenvalue weighted by Crippen LogP contribution is -2.42. The summed E-state index contributed by atoms with van der Waals surface area (Å²) in [4.78, 5) is 17.0. The predicted molar refractivity (Wildman–Crippen MR) is 98.9 cm³/mol. The number of amides is 1. The van der Waals surface area contributed by atoms with Gasteiger partial charge in [-0.15, -0.1) is 0 Å². The first-order valence-corrected chi connectivity index (χ1v) is 8.41. The summed E-state index contributed by atoms with van der Waals surface area (Å²) in [5.41, 5.74) is 3.20. The standard InChI is InChI=1S/C20H24N4O/c1-13(2)18(19-14(3)7-6-10-22-19)23-15(4)20(25)24-17-9-5-8-16(11-17)12-21/h5-11,13,15,18,23H,1-4H3,(H,24,25). The lowest BCUT2D eigenvalue weighted by molar-refractivity contribution is -0.118. The van der Waals surface area contributed by atoms with Gasteiger partial charge in [-0.25, -0.2) is 0 Å². The Balaban J connectivity index is 2.10. The van der Waals surface area contributed by atoms with Crippen LogP contribution in [0.4, 0.5) is 5.69 Å². The molecule has 1 heterocycles. The van der Waals surface area contributed by atoms with E-state index < -0.39 is 6.04 Å². The summed E-state index contributed by atoms with van der Waals surface area (Å²) >= 11 is 0. The third-order valence-electron chi connectivity index (χ3n) is 4.09. The van der Waals surface area contributed by atoms with Gasteiger partial charge < -0.3 is 5.32 Å². The molecule has 0 aliphatic rings. The number of benzene rings is 1. The Morgan fingerprint density at radius 2 is 1.96 bits per heavy atom. The zero-order chi connectivity index (χ0) is 18.4. The van der Waals surface area contributed by atoms with Crippen molar-refractivity contribution in [2.45, 2.75) is 39.8 Å². The van der Waals surface area contributed by atoms with Crippen molar-refractivity contribution in [1.82, 2.24) is 10.3 Å². The van der Waals surface area contributed by atoms with Crippen molar-refractivity contribution >= 4 is 11.6 Å². The highest BCUT2D eigenvalue weighted by Gasteiger charge is 2.24. The number of nitriles is 1. The van der Waals surface area contributed by atoms with Crippen LogP contribution in [-0.2, 0) is 4.79 Å². The summed E-state index contributed by atoms with van der Waals surface area (Å²) in [6.07, 6.45) is 1.78. The van der Waals surface area contributed by atoms with E-state index in [0.29, 0.717) is 11.3 Å². The molecule has 1 amide bonds. The second kappa shape index (κ2) is 8.41. The van der Waals surface area contributed by atoms with Gasteiger partial charge in [-0.1, -0.05) is 26.0 Å². The van der Waals surface area contributed by atoms with Gasteiger partial charge in [-0.2, -0.15) is 5.26 Å². The normalized spacial score (nSPS) is 13.1. The van der Waals surface area contributed by atoms with Crippen LogP contribution >= 0.6 is 0 Å². The fraction of sp³-hybridized carbons (Fsp3) is 0.350. The zero-order valence-electron chi connectivity index (χ0n) is 15.1. The van der Waals surface area contributed by atoms with E-state index >= 15 is 0 Å². The van der Waals surface area contributed by atoms with Crippen LogP contribution in [0, 0.1) is 24.2 Å². The summed E-state index contributed by atoms with van der Waals surface area (Å²) in [5.74, 6) is 0.139. The van der Waals surface area contributed by atoms with Crippen molar-refractivity contribution in [3.05, 3.63) is 59.4 Å². The number of aryl methyl sites for hydroxylation is 1. The first-order chi connectivity index (χ1) is 11.9. The molecule has 1 aromatic carbocycles. The second-order valence-corrected chi connectivity index (χ2v) is 6.50. The number of nitrogens with one attached hydrogen (secondary N) is 2. The van der Waals surface area contributed by atoms with E-state index in [-0.39, 0.29) is 17.9 Å². The number of carbonyl (C=O) groups is 1. The zero-order valence-corrected chi connectivity index (χ0v) is 15.1. The fourth-order valence-electron chi connectivity index (χ4n) is 2.67. The third kappa shape index (κ3) is 4.88. The molecule has 0 saturated carbocycles. The van der Waals surface area contributed by atoms with Gasteiger partial charge in [-0.05, 0) is 49.6 Å². The van der Waals surface area contributed by atoms with E-state index in [9.17, 15) is 4.79 Å².